The summed E-state index contributed by atoms with van der Waals surface area (Å²) < 4.78 is 0. The smallest absolute Gasteiger partial charge is 0.239 e. The number of likely N-dealkylation sites (N-methyl/N-ethyl adjacent to an activating group) is 1. The molecule has 0 aromatic heterocycles. The summed E-state index contributed by atoms with van der Waals surface area (Å²) in [5, 5.41) is 3.36. The Morgan fingerprint density at radius 2 is 2.11 bits per heavy atom. The molecule has 4 nitrogen and oxygen atoms in total. The highest BCUT2D eigenvalue weighted by molar-refractivity contribution is 5.82. The summed E-state index contributed by atoms with van der Waals surface area (Å²) >= 11 is 0. The fraction of sp³-hybridized carbons (Fsp3) is 0.929. The zero-order valence-corrected chi connectivity index (χ0v) is 12.0. The van der Waals surface area contributed by atoms with Crippen LogP contribution in [0.5, 0.6) is 0 Å². The van der Waals surface area contributed by atoms with Crippen molar-refractivity contribution in [3.8, 4) is 0 Å². The Balaban J connectivity index is 1.89. The first-order chi connectivity index (χ1) is 8.59. The zero-order valence-electron chi connectivity index (χ0n) is 12.0. The molecule has 4 heteroatoms. The monoisotopic (exact) mass is 253 g/mol. The molecule has 2 saturated heterocycles. The third-order valence-corrected chi connectivity index (χ3v) is 4.68. The van der Waals surface area contributed by atoms with E-state index >= 15 is 0 Å². The largest absolute Gasteiger partial charge is 0.341 e. The molecule has 2 heterocycles. The summed E-state index contributed by atoms with van der Waals surface area (Å²) in [6.07, 6.45) is 5.60. The molecule has 0 bridgehead atoms. The van der Waals surface area contributed by atoms with Gasteiger partial charge in [0.1, 0.15) is 0 Å². The van der Waals surface area contributed by atoms with Gasteiger partial charge in [-0.25, -0.2) is 0 Å². The van der Waals surface area contributed by atoms with Crippen LogP contribution in [-0.2, 0) is 4.79 Å². The van der Waals surface area contributed by atoms with Gasteiger partial charge in [-0.15, -0.1) is 0 Å². The molecular formula is C14H27N3O. The van der Waals surface area contributed by atoms with Gasteiger partial charge in [-0.05, 0) is 46.2 Å². The minimum Gasteiger partial charge on any atom is -0.341 e. The molecule has 2 aliphatic heterocycles. The average Bonchev–Trinajstić information content (AvgIpc) is 2.41. The van der Waals surface area contributed by atoms with E-state index in [9.17, 15) is 4.79 Å². The SMILES string of the molecule is C[C@@H]1C[C@H](N(C)C(=O)[C@@H]2CCCCN2)CCN1C. The van der Waals surface area contributed by atoms with Crippen LogP contribution < -0.4 is 5.32 Å². The van der Waals surface area contributed by atoms with Gasteiger partial charge in [-0.2, -0.15) is 0 Å². The van der Waals surface area contributed by atoms with Crippen LogP contribution in [0, 0.1) is 0 Å². The number of nitrogens with one attached hydrogen (secondary N) is 1. The Morgan fingerprint density at radius 3 is 2.72 bits per heavy atom. The molecule has 104 valence electrons. The zero-order chi connectivity index (χ0) is 13.1. The van der Waals surface area contributed by atoms with Gasteiger partial charge in [0.25, 0.3) is 0 Å². The van der Waals surface area contributed by atoms with E-state index in [4.69, 9.17) is 0 Å². The van der Waals surface area contributed by atoms with Crippen LogP contribution in [0.25, 0.3) is 0 Å². The highest BCUT2D eigenvalue weighted by atomic mass is 16.2. The van der Waals surface area contributed by atoms with Gasteiger partial charge in [0.05, 0.1) is 6.04 Å². The van der Waals surface area contributed by atoms with Gasteiger partial charge in [-0.3, -0.25) is 4.79 Å². The van der Waals surface area contributed by atoms with Gasteiger partial charge in [-0.1, -0.05) is 6.42 Å². The number of hydrogen-bond donors (Lipinski definition) is 1. The van der Waals surface area contributed by atoms with Crippen LogP contribution in [0.3, 0.4) is 0 Å². The fourth-order valence-corrected chi connectivity index (χ4v) is 3.10. The lowest BCUT2D eigenvalue weighted by atomic mass is 9.96. The number of piperidine rings is 2. The van der Waals surface area contributed by atoms with Crippen molar-refractivity contribution in [2.24, 2.45) is 0 Å². The molecule has 0 aromatic rings. The van der Waals surface area contributed by atoms with Crippen molar-refractivity contribution in [3.63, 3.8) is 0 Å². The first kappa shape index (κ1) is 13.8. The van der Waals surface area contributed by atoms with Crippen molar-refractivity contribution in [2.45, 2.75) is 57.2 Å². The second-order valence-electron chi connectivity index (χ2n) is 5.96. The molecule has 1 amide bonds. The lowest BCUT2D eigenvalue weighted by molar-refractivity contribution is -0.136. The molecule has 0 spiro atoms. The standard InChI is InChI=1S/C14H27N3O/c1-11-10-12(7-9-16(11)2)17(3)14(18)13-6-4-5-8-15-13/h11-13,15H,4-10H2,1-3H3/t11-,12-,13+/m1/s1. The number of hydrogen-bond acceptors (Lipinski definition) is 3. The first-order valence-corrected chi connectivity index (χ1v) is 7.30. The Bertz CT molecular complexity index is 289. The Kier molecular flexibility index (Phi) is 4.62. The maximum atomic E-state index is 12.4. The molecule has 18 heavy (non-hydrogen) atoms. The average molecular weight is 253 g/mol. The van der Waals surface area contributed by atoms with Gasteiger partial charge in [0, 0.05) is 25.7 Å². The van der Waals surface area contributed by atoms with Crippen molar-refractivity contribution in [3.05, 3.63) is 0 Å². The maximum absolute atomic E-state index is 12.4. The van der Waals surface area contributed by atoms with Crippen LogP contribution in [0.15, 0.2) is 0 Å². The Labute approximate surface area is 111 Å². The van der Waals surface area contributed by atoms with Crippen LogP contribution in [0.4, 0.5) is 0 Å². The number of amides is 1. The molecule has 2 aliphatic rings. The minimum absolute atomic E-state index is 0.0683. The summed E-state index contributed by atoms with van der Waals surface area (Å²) in [7, 11) is 4.16. The molecule has 3 atom stereocenters. The summed E-state index contributed by atoms with van der Waals surface area (Å²) in [6.45, 7) is 4.35. The molecule has 0 radical (unpaired) electrons. The highest BCUT2D eigenvalue weighted by Gasteiger charge is 2.31. The van der Waals surface area contributed by atoms with E-state index in [0.717, 1.165) is 32.4 Å². The van der Waals surface area contributed by atoms with Gasteiger partial charge in [0.2, 0.25) is 5.91 Å². The second kappa shape index (κ2) is 6.02. The van der Waals surface area contributed by atoms with Crippen molar-refractivity contribution in [1.82, 2.24) is 15.1 Å². The van der Waals surface area contributed by atoms with Crippen molar-refractivity contribution >= 4 is 5.91 Å². The van der Waals surface area contributed by atoms with E-state index in [1.54, 1.807) is 0 Å². The van der Waals surface area contributed by atoms with E-state index in [-0.39, 0.29) is 6.04 Å². The Hall–Kier alpha value is -0.610. The van der Waals surface area contributed by atoms with E-state index in [2.05, 4.69) is 24.2 Å². The molecule has 0 aliphatic carbocycles. The molecule has 0 saturated carbocycles. The number of nitrogens with zero attached hydrogens (tertiary/aromatic N) is 2. The summed E-state index contributed by atoms with van der Waals surface area (Å²) in [4.78, 5) is 16.8. The van der Waals surface area contributed by atoms with Gasteiger partial charge in [0.15, 0.2) is 0 Å². The van der Waals surface area contributed by atoms with E-state index in [1.807, 2.05) is 11.9 Å². The lowest BCUT2D eigenvalue weighted by Gasteiger charge is -2.40. The third-order valence-electron chi connectivity index (χ3n) is 4.68. The predicted molar refractivity (Wildman–Crippen MR) is 73.5 cm³/mol. The number of rotatable bonds is 2. The molecule has 1 N–H and O–H groups in total. The summed E-state index contributed by atoms with van der Waals surface area (Å²) in [5.74, 6) is 0.302. The van der Waals surface area contributed by atoms with Crippen LogP contribution >= 0.6 is 0 Å². The quantitative estimate of drug-likeness (QED) is 0.799. The molecule has 2 rings (SSSR count). The second-order valence-corrected chi connectivity index (χ2v) is 5.96. The van der Waals surface area contributed by atoms with Crippen LogP contribution in [0.2, 0.25) is 0 Å². The normalized spacial score (nSPS) is 34.3. The summed E-state index contributed by atoms with van der Waals surface area (Å²) in [6, 6.07) is 1.07. The fourth-order valence-electron chi connectivity index (χ4n) is 3.10. The van der Waals surface area contributed by atoms with Crippen molar-refractivity contribution in [1.29, 1.82) is 0 Å². The van der Waals surface area contributed by atoms with Crippen molar-refractivity contribution in [2.75, 3.05) is 27.2 Å². The molecule has 0 aromatic carbocycles. The Morgan fingerprint density at radius 1 is 1.33 bits per heavy atom. The molecule has 2 fully saturated rings. The van der Waals surface area contributed by atoms with E-state index in [0.29, 0.717) is 18.0 Å². The predicted octanol–water partition coefficient (Wildman–Crippen LogP) is 1.07. The number of carbonyl (C=O) groups excluding carboxylic acids is 1. The third kappa shape index (κ3) is 3.04. The minimum atomic E-state index is 0.0683. The van der Waals surface area contributed by atoms with Gasteiger partial charge < -0.3 is 15.1 Å². The molecule has 0 unspecified atom stereocenters. The van der Waals surface area contributed by atoms with Crippen molar-refractivity contribution < 1.29 is 4.79 Å². The van der Waals surface area contributed by atoms with Crippen LogP contribution in [0.1, 0.15) is 39.0 Å². The van der Waals surface area contributed by atoms with Gasteiger partial charge >= 0.3 is 0 Å². The first-order valence-electron chi connectivity index (χ1n) is 7.30. The summed E-state index contributed by atoms with van der Waals surface area (Å²) in [5.41, 5.74) is 0. The highest BCUT2D eigenvalue weighted by Crippen LogP contribution is 2.21. The number of likely N-dealkylation sites (tertiary alicyclic amines) is 1. The number of carbonyl (C=O) groups is 1. The van der Waals surface area contributed by atoms with Crippen LogP contribution in [-0.4, -0.2) is 61.0 Å². The molecular weight excluding hydrogens is 226 g/mol. The lowest BCUT2D eigenvalue weighted by Crippen LogP contribution is -2.53. The van der Waals surface area contributed by atoms with E-state index in [1.165, 1.54) is 12.8 Å². The topological polar surface area (TPSA) is 35.6 Å². The maximum Gasteiger partial charge on any atom is 0.239 e. The van der Waals surface area contributed by atoms with E-state index < -0.39 is 0 Å².